The molecule has 2 heterocycles. The molecule has 2 fully saturated rings. The number of aromatic nitrogens is 1. The molecule has 190 valence electrons. The summed E-state index contributed by atoms with van der Waals surface area (Å²) < 4.78 is 17.6. The third kappa shape index (κ3) is 5.55. The Morgan fingerprint density at radius 3 is 2.64 bits per heavy atom. The molecule has 36 heavy (non-hydrogen) atoms. The van der Waals surface area contributed by atoms with Crippen LogP contribution in [0.25, 0.3) is 10.9 Å². The third-order valence-corrected chi connectivity index (χ3v) is 7.02. The number of para-hydroxylation sites is 1. The minimum atomic E-state index is -0.824. The standard InChI is InChI=1S/C28H33N3O5/c32-26(31-25-13-6-7-14-28(25)35-15-8-16-36-28)24(17-21-18-29-23-12-5-4-11-22(21)23)30-27(33)34-19-20-9-2-1-3-10-20/h1-5,9-12,18,24-25,29H,6-8,13-17,19H2,(H,30,33)(H,31,32)/t24-,25+/m0/s1. The summed E-state index contributed by atoms with van der Waals surface area (Å²) in [5.41, 5.74) is 2.80. The number of ether oxygens (including phenoxy) is 3. The van der Waals surface area contributed by atoms with Gasteiger partial charge in [0.1, 0.15) is 12.6 Å². The first-order valence-corrected chi connectivity index (χ1v) is 12.7. The van der Waals surface area contributed by atoms with E-state index in [1.54, 1.807) is 0 Å². The molecule has 2 amide bonds. The molecule has 1 aromatic heterocycles. The molecule has 3 aromatic rings. The molecule has 2 aliphatic rings. The van der Waals surface area contributed by atoms with Crippen LogP contribution in [0.2, 0.25) is 0 Å². The number of benzene rings is 2. The van der Waals surface area contributed by atoms with Crippen LogP contribution in [0.15, 0.2) is 60.8 Å². The van der Waals surface area contributed by atoms with Gasteiger partial charge in [0, 0.05) is 29.9 Å². The maximum Gasteiger partial charge on any atom is 0.408 e. The molecule has 0 radical (unpaired) electrons. The molecule has 1 saturated heterocycles. The summed E-state index contributed by atoms with van der Waals surface area (Å²) in [7, 11) is 0. The monoisotopic (exact) mass is 491 g/mol. The first-order chi connectivity index (χ1) is 17.6. The highest BCUT2D eigenvalue weighted by molar-refractivity contribution is 5.88. The molecule has 2 aromatic carbocycles. The fourth-order valence-electron chi connectivity index (χ4n) is 5.14. The Labute approximate surface area is 210 Å². The van der Waals surface area contributed by atoms with Gasteiger partial charge in [-0.2, -0.15) is 0 Å². The number of nitrogens with one attached hydrogen (secondary N) is 3. The Kier molecular flexibility index (Phi) is 7.53. The molecule has 0 bridgehead atoms. The Morgan fingerprint density at radius 2 is 1.81 bits per heavy atom. The van der Waals surface area contributed by atoms with Gasteiger partial charge in [-0.1, -0.05) is 55.0 Å². The minimum Gasteiger partial charge on any atom is -0.445 e. The van der Waals surface area contributed by atoms with Crippen LogP contribution in [-0.4, -0.2) is 48.1 Å². The van der Waals surface area contributed by atoms with Crippen LogP contribution in [0.1, 0.15) is 43.2 Å². The largest absolute Gasteiger partial charge is 0.445 e. The summed E-state index contributed by atoms with van der Waals surface area (Å²) in [5.74, 6) is -1.06. The molecule has 8 nitrogen and oxygen atoms in total. The molecule has 1 saturated carbocycles. The number of fused-ring (bicyclic) bond motifs is 1. The summed E-state index contributed by atoms with van der Waals surface area (Å²) in [6, 6.07) is 16.3. The number of alkyl carbamates (subject to hydrolysis) is 1. The number of hydrogen-bond donors (Lipinski definition) is 3. The Balaban J connectivity index is 1.31. The quantitative estimate of drug-likeness (QED) is 0.460. The normalized spacial score (nSPS) is 20.1. The number of amides is 2. The average molecular weight is 492 g/mol. The fraction of sp³-hybridized carbons (Fsp3) is 0.429. The van der Waals surface area contributed by atoms with Gasteiger partial charge in [0.2, 0.25) is 5.91 Å². The topological polar surface area (TPSA) is 102 Å². The van der Waals surface area contributed by atoms with Crippen molar-refractivity contribution in [2.75, 3.05) is 13.2 Å². The van der Waals surface area contributed by atoms with Gasteiger partial charge in [0.15, 0.2) is 5.79 Å². The number of aromatic amines is 1. The second-order valence-corrected chi connectivity index (χ2v) is 9.49. The smallest absolute Gasteiger partial charge is 0.408 e. The van der Waals surface area contributed by atoms with E-state index < -0.39 is 17.9 Å². The van der Waals surface area contributed by atoms with Crippen LogP contribution in [0.3, 0.4) is 0 Å². The molecule has 5 rings (SSSR count). The predicted molar refractivity (Wildman–Crippen MR) is 135 cm³/mol. The van der Waals surface area contributed by atoms with E-state index in [4.69, 9.17) is 14.2 Å². The van der Waals surface area contributed by atoms with E-state index in [-0.39, 0.29) is 18.6 Å². The summed E-state index contributed by atoms with van der Waals surface area (Å²) in [5, 5.41) is 6.97. The van der Waals surface area contributed by atoms with Gasteiger partial charge < -0.3 is 29.8 Å². The molecule has 1 aliphatic carbocycles. The van der Waals surface area contributed by atoms with Gasteiger partial charge in [0.05, 0.1) is 19.3 Å². The second-order valence-electron chi connectivity index (χ2n) is 9.49. The first-order valence-electron chi connectivity index (χ1n) is 12.7. The van der Waals surface area contributed by atoms with Gasteiger partial charge >= 0.3 is 6.09 Å². The number of rotatable bonds is 7. The van der Waals surface area contributed by atoms with Crippen LogP contribution in [0, 0.1) is 0 Å². The SMILES string of the molecule is O=C(N[C@@H](Cc1c[nH]c2ccccc12)C(=O)N[C@@H]1CCCCC12OCCCO2)OCc1ccccc1. The molecule has 3 N–H and O–H groups in total. The van der Waals surface area contributed by atoms with Gasteiger partial charge in [-0.05, 0) is 36.5 Å². The van der Waals surface area contributed by atoms with Crippen molar-refractivity contribution in [3.05, 3.63) is 71.9 Å². The van der Waals surface area contributed by atoms with Crippen molar-refractivity contribution in [2.45, 2.75) is 63.0 Å². The lowest BCUT2D eigenvalue weighted by Gasteiger charge is -2.46. The van der Waals surface area contributed by atoms with E-state index >= 15 is 0 Å². The van der Waals surface area contributed by atoms with Crippen molar-refractivity contribution in [1.29, 1.82) is 0 Å². The molecule has 2 atom stereocenters. The lowest BCUT2D eigenvalue weighted by Crippen LogP contribution is -2.62. The van der Waals surface area contributed by atoms with Crippen molar-refractivity contribution in [2.24, 2.45) is 0 Å². The number of carbonyl (C=O) groups excluding carboxylic acids is 2. The highest BCUT2D eigenvalue weighted by Crippen LogP contribution is 2.35. The van der Waals surface area contributed by atoms with E-state index in [0.717, 1.165) is 54.1 Å². The lowest BCUT2D eigenvalue weighted by molar-refractivity contribution is -0.291. The van der Waals surface area contributed by atoms with Crippen molar-refractivity contribution >= 4 is 22.9 Å². The molecule has 1 aliphatic heterocycles. The maximum atomic E-state index is 13.6. The molecule has 1 spiro atoms. The number of hydrogen-bond acceptors (Lipinski definition) is 5. The van der Waals surface area contributed by atoms with Crippen molar-refractivity contribution in [3.63, 3.8) is 0 Å². The zero-order chi connectivity index (χ0) is 24.8. The van der Waals surface area contributed by atoms with Gasteiger partial charge in [-0.15, -0.1) is 0 Å². The van der Waals surface area contributed by atoms with Crippen LogP contribution in [-0.2, 0) is 32.0 Å². The summed E-state index contributed by atoms with van der Waals surface area (Å²) in [6.07, 6.45) is 5.91. The molecular formula is C28H33N3O5. The maximum absolute atomic E-state index is 13.6. The minimum absolute atomic E-state index is 0.127. The van der Waals surface area contributed by atoms with Crippen molar-refractivity contribution < 1.29 is 23.8 Å². The Bertz CT molecular complexity index is 1160. The lowest BCUT2D eigenvalue weighted by atomic mass is 9.88. The van der Waals surface area contributed by atoms with E-state index in [2.05, 4.69) is 15.6 Å². The zero-order valence-corrected chi connectivity index (χ0v) is 20.3. The van der Waals surface area contributed by atoms with Gasteiger partial charge in [0.25, 0.3) is 0 Å². The van der Waals surface area contributed by atoms with Crippen LogP contribution in [0.4, 0.5) is 4.79 Å². The highest BCUT2D eigenvalue weighted by Gasteiger charge is 2.46. The van der Waals surface area contributed by atoms with E-state index in [1.165, 1.54) is 0 Å². The Hall–Kier alpha value is -3.36. The summed E-state index contributed by atoms with van der Waals surface area (Å²) in [6.45, 7) is 1.37. The molecule has 0 unspecified atom stereocenters. The van der Waals surface area contributed by atoms with Crippen molar-refractivity contribution in [1.82, 2.24) is 15.6 Å². The van der Waals surface area contributed by atoms with Gasteiger partial charge in [-0.25, -0.2) is 4.79 Å². The van der Waals surface area contributed by atoms with E-state index in [1.807, 2.05) is 60.8 Å². The van der Waals surface area contributed by atoms with Crippen LogP contribution in [0.5, 0.6) is 0 Å². The fourth-order valence-corrected chi connectivity index (χ4v) is 5.14. The molecular weight excluding hydrogens is 458 g/mol. The zero-order valence-electron chi connectivity index (χ0n) is 20.3. The number of H-pyrrole nitrogens is 1. The first kappa shape index (κ1) is 24.3. The summed E-state index contributed by atoms with van der Waals surface area (Å²) >= 11 is 0. The van der Waals surface area contributed by atoms with E-state index in [9.17, 15) is 9.59 Å². The second kappa shape index (κ2) is 11.1. The highest BCUT2D eigenvalue weighted by atomic mass is 16.7. The number of carbonyl (C=O) groups is 2. The Morgan fingerprint density at radius 1 is 1.03 bits per heavy atom. The van der Waals surface area contributed by atoms with E-state index in [0.29, 0.717) is 19.6 Å². The predicted octanol–water partition coefficient (Wildman–Crippen LogP) is 4.20. The van der Waals surface area contributed by atoms with Gasteiger partial charge in [-0.3, -0.25) is 4.79 Å². The molecule has 8 heteroatoms. The van der Waals surface area contributed by atoms with Crippen molar-refractivity contribution in [3.8, 4) is 0 Å². The third-order valence-electron chi connectivity index (χ3n) is 7.02. The summed E-state index contributed by atoms with van der Waals surface area (Å²) in [4.78, 5) is 29.6. The average Bonchev–Trinajstić information content (AvgIpc) is 3.32. The van der Waals surface area contributed by atoms with Crippen LogP contribution >= 0.6 is 0 Å². The van der Waals surface area contributed by atoms with Crippen LogP contribution < -0.4 is 10.6 Å².